The summed E-state index contributed by atoms with van der Waals surface area (Å²) >= 11 is 1.47. The molecule has 11 heavy (non-hydrogen) atoms. The molecule has 0 saturated heterocycles. The first-order chi connectivity index (χ1) is 5.29. The highest BCUT2D eigenvalue weighted by Gasteiger charge is 2.03. The van der Waals surface area contributed by atoms with E-state index in [1.807, 2.05) is 13.0 Å². The zero-order valence-corrected chi connectivity index (χ0v) is 6.83. The maximum atomic E-state index is 13.0. The molecular weight excluding hydrogens is 159 g/mol. The zero-order valence-electron chi connectivity index (χ0n) is 6.02. The summed E-state index contributed by atoms with van der Waals surface area (Å²) in [4.78, 5) is 1.12. The van der Waals surface area contributed by atoms with Gasteiger partial charge in [-0.3, -0.25) is 0 Å². The van der Waals surface area contributed by atoms with Crippen molar-refractivity contribution in [2.75, 3.05) is 0 Å². The summed E-state index contributed by atoms with van der Waals surface area (Å²) < 4.78 is 13.0. The van der Waals surface area contributed by atoms with Crippen molar-refractivity contribution in [2.45, 2.75) is 6.92 Å². The van der Waals surface area contributed by atoms with Gasteiger partial charge in [-0.1, -0.05) is 12.1 Å². The first kappa shape index (κ1) is 6.80. The Balaban J connectivity index is 2.94. The van der Waals surface area contributed by atoms with Crippen LogP contribution in [0, 0.1) is 18.1 Å². The fourth-order valence-corrected chi connectivity index (χ4v) is 1.85. The average molecular weight is 165 g/mol. The van der Waals surface area contributed by atoms with E-state index in [1.54, 1.807) is 6.07 Å². The highest BCUT2D eigenvalue weighted by molar-refractivity contribution is 7.11. The quantitative estimate of drug-likeness (QED) is 0.562. The van der Waals surface area contributed by atoms with Crippen LogP contribution in [0.5, 0.6) is 0 Å². The Labute approximate surface area is 68.3 Å². The summed E-state index contributed by atoms with van der Waals surface area (Å²) in [7, 11) is 0. The molecule has 0 aliphatic rings. The fourth-order valence-electron chi connectivity index (χ4n) is 1.10. The summed E-state index contributed by atoms with van der Waals surface area (Å²) in [6.07, 6.45) is 0. The van der Waals surface area contributed by atoms with Gasteiger partial charge in [0.25, 0.3) is 0 Å². The van der Waals surface area contributed by atoms with Gasteiger partial charge in [0.1, 0.15) is 5.82 Å². The van der Waals surface area contributed by atoms with Crippen molar-refractivity contribution in [1.29, 1.82) is 0 Å². The van der Waals surface area contributed by atoms with Gasteiger partial charge in [-0.25, -0.2) is 4.39 Å². The fraction of sp³-hybridized carbons (Fsp3) is 0.111. The predicted molar refractivity (Wildman–Crippen MR) is 45.4 cm³/mol. The Morgan fingerprint density at radius 1 is 1.45 bits per heavy atom. The summed E-state index contributed by atoms with van der Waals surface area (Å²) in [6.45, 7) is 1.98. The summed E-state index contributed by atoms with van der Waals surface area (Å²) in [5, 5.41) is 4.52. The number of thiophene rings is 1. The van der Waals surface area contributed by atoms with E-state index in [2.05, 4.69) is 5.38 Å². The van der Waals surface area contributed by atoms with E-state index < -0.39 is 0 Å². The monoisotopic (exact) mass is 165 g/mol. The van der Waals surface area contributed by atoms with Crippen LogP contribution in [0.15, 0.2) is 18.2 Å². The molecule has 0 fully saturated rings. The molecule has 2 heteroatoms. The van der Waals surface area contributed by atoms with E-state index in [4.69, 9.17) is 0 Å². The van der Waals surface area contributed by atoms with Gasteiger partial charge in [0, 0.05) is 10.3 Å². The largest absolute Gasteiger partial charge is 0.206 e. The van der Waals surface area contributed by atoms with Crippen LogP contribution in [-0.4, -0.2) is 0 Å². The molecule has 0 aliphatic heterocycles. The van der Waals surface area contributed by atoms with Gasteiger partial charge in [-0.2, -0.15) is 0 Å². The molecule has 2 rings (SSSR count). The van der Waals surface area contributed by atoms with E-state index >= 15 is 0 Å². The van der Waals surface area contributed by atoms with E-state index in [0.29, 0.717) is 5.39 Å². The molecule has 0 atom stereocenters. The SMILES string of the molecule is Cc1s[c]c2c(F)cccc12. The van der Waals surface area contributed by atoms with Crippen LogP contribution in [0.1, 0.15) is 4.88 Å². The van der Waals surface area contributed by atoms with Crippen molar-refractivity contribution < 1.29 is 4.39 Å². The first-order valence-electron chi connectivity index (χ1n) is 3.34. The maximum absolute atomic E-state index is 13.0. The van der Waals surface area contributed by atoms with Crippen LogP contribution in [0.25, 0.3) is 10.8 Å². The number of benzene rings is 1. The molecule has 0 spiro atoms. The highest BCUT2D eigenvalue weighted by Crippen LogP contribution is 2.25. The van der Waals surface area contributed by atoms with Gasteiger partial charge in [0.15, 0.2) is 0 Å². The Bertz CT molecular complexity index is 389. The second kappa shape index (κ2) is 2.31. The lowest BCUT2D eigenvalue weighted by atomic mass is 10.2. The molecule has 2 aromatic rings. The van der Waals surface area contributed by atoms with Gasteiger partial charge < -0.3 is 0 Å². The van der Waals surface area contributed by atoms with Gasteiger partial charge in [-0.15, -0.1) is 11.3 Å². The number of hydrogen-bond donors (Lipinski definition) is 0. The minimum atomic E-state index is -0.174. The van der Waals surface area contributed by atoms with Crippen LogP contribution >= 0.6 is 11.3 Å². The van der Waals surface area contributed by atoms with Crippen molar-refractivity contribution in [2.24, 2.45) is 0 Å². The summed E-state index contributed by atoms with van der Waals surface area (Å²) in [6, 6.07) is 5.11. The predicted octanol–water partition coefficient (Wildman–Crippen LogP) is 3.15. The lowest BCUT2D eigenvalue weighted by molar-refractivity contribution is 0.640. The van der Waals surface area contributed by atoms with Gasteiger partial charge in [0.05, 0.1) is 5.38 Å². The third-order valence-electron chi connectivity index (χ3n) is 1.70. The molecule has 1 aromatic heterocycles. The smallest absolute Gasteiger partial charge is 0.132 e. The number of fused-ring (bicyclic) bond motifs is 1. The van der Waals surface area contributed by atoms with E-state index in [9.17, 15) is 4.39 Å². The molecular formula is C9H6FS. The molecule has 0 amide bonds. The number of halogens is 1. The molecule has 0 N–H and O–H groups in total. The van der Waals surface area contributed by atoms with Gasteiger partial charge >= 0.3 is 0 Å². The molecule has 0 bridgehead atoms. The topological polar surface area (TPSA) is 0 Å². The van der Waals surface area contributed by atoms with Crippen molar-refractivity contribution in [3.8, 4) is 0 Å². The Morgan fingerprint density at radius 3 is 3.00 bits per heavy atom. The molecule has 1 aromatic carbocycles. The van der Waals surface area contributed by atoms with E-state index in [-0.39, 0.29) is 5.82 Å². The van der Waals surface area contributed by atoms with Crippen molar-refractivity contribution in [3.63, 3.8) is 0 Å². The Kier molecular flexibility index (Phi) is 1.43. The van der Waals surface area contributed by atoms with Crippen LogP contribution in [0.4, 0.5) is 4.39 Å². The number of rotatable bonds is 0. The van der Waals surface area contributed by atoms with Crippen molar-refractivity contribution in [3.05, 3.63) is 34.3 Å². The summed E-state index contributed by atoms with van der Waals surface area (Å²) in [5.74, 6) is -0.174. The third kappa shape index (κ3) is 0.942. The Morgan fingerprint density at radius 2 is 2.27 bits per heavy atom. The molecule has 0 nitrogen and oxygen atoms in total. The second-order valence-corrected chi connectivity index (χ2v) is 3.44. The molecule has 0 aliphatic carbocycles. The van der Waals surface area contributed by atoms with Gasteiger partial charge in [-0.05, 0) is 18.4 Å². The molecule has 0 unspecified atom stereocenters. The lowest BCUT2D eigenvalue weighted by Crippen LogP contribution is -1.73. The van der Waals surface area contributed by atoms with E-state index in [0.717, 1.165) is 10.3 Å². The lowest BCUT2D eigenvalue weighted by Gasteiger charge is -1.90. The normalized spacial score (nSPS) is 10.7. The zero-order chi connectivity index (χ0) is 7.84. The summed E-state index contributed by atoms with van der Waals surface area (Å²) in [5.41, 5.74) is 0. The van der Waals surface area contributed by atoms with Crippen molar-refractivity contribution in [1.82, 2.24) is 0 Å². The first-order valence-corrected chi connectivity index (χ1v) is 4.16. The molecule has 0 saturated carbocycles. The van der Waals surface area contributed by atoms with Crippen LogP contribution in [0.3, 0.4) is 0 Å². The van der Waals surface area contributed by atoms with Crippen LogP contribution in [-0.2, 0) is 0 Å². The molecule has 1 radical (unpaired) electrons. The highest BCUT2D eigenvalue weighted by atomic mass is 32.1. The van der Waals surface area contributed by atoms with Gasteiger partial charge in [0.2, 0.25) is 0 Å². The third-order valence-corrected chi connectivity index (χ3v) is 2.53. The Hall–Kier alpha value is -0.890. The number of hydrogen-bond acceptors (Lipinski definition) is 1. The maximum Gasteiger partial charge on any atom is 0.132 e. The van der Waals surface area contributed by atoms with Crippen LogP contribution in [0.2, 0.25) is 0 Å². The molecule has 55 valence electrons. The standard InChI is InChI=1S/C9H6FS/c1-6-7-3-2-4-9(10)8(7)5-11-6/h2-4H,1H3. The van der Waals surface area contributed by atoms with Crippen molar-refractivity contribution >= 4 is 22.1 Å². The minimum absolute atomic E-state index is 0.174. The second-order valence-electron chi connectivity index (χ2n) is 2.42. The minimum Gasteiger partial charge on any atom is -0.206 e. The average Bonchev–Trinajstić information content (AvgIpc) is 2.35. The molecule has 1 heterocycles. The van der Waals surface area contributed by atoms with E-state index in [1.165, 1.54) is 17.4 Å². The van der Waals surface area contributed by atoms with Crippen LogP contribution < -0.4 is 0 Å². The number of aryl methyl sites for hydroxylation is 1.